The molecule has 0 unspecified atom stereocenters. The Labute approximate surface area is 233 Å². The summed E-state index contributed by atoms with van der Waals surface area (Å²) >= 11 is 0. The molecule has 0 aliphatic heterocycles. The molecule has 0 N–H and O–H groups in total. The van der Waals surface area contributed by atoms with Crippen LogP contribution in [0.25, 0.3) is 0 Å². The van der Waals surface area contributed by atoms with E-state index in [-0.39, 0.29) is 0 Å². The first-order chi connectivity index (χ1) is 18.4. The molecular formula is C37H66. The van der Waals surface area contributed by atoms with E-state index in [1.807, 2.05) is 0 Å². The molecule has 0 bridgehead atoms. The molecule has 6 aliphatic carbocycles. The highest BCUT2D eigenvalue weighted by Gasteiger charge is 2.54. The van der Waals surface area contributed by atoms with Crippen molar-refractivity contribution in [3.63, 3.8) is 0 Å². The van der Waals surface area contributed by atoms with Crippen molar-refractivity contribution in [2.75, 3.05) is 0 Å². The third kappa shape index (κ3) is 7.20. The molecule has 0 radical (unpaired) electrons. The maximum absolute atomic E-state index is 1.60. The van der Waals surface area contributed by atoms with Gasteiger partial charge in [-0.3, -0.25) is 0 Å². The fourth-order valence-electron chi connectivity index (χ4n) is 11.6. The quantitative estimate of drug-likeness (QED) is 0.345. The van der Waals surface area contributed by atoms with Crippen LogP contribution in [-0.2, 0) is 0 Å². The van der Waals surface area contributed by atoms with Crippen LogP contribution in [0.15, 0.2) is 0 Å². The van der Waals surface area contributed by atoms with Crippen LogP contribution >= 0.6 is 0 Å². The van der Waals surface area contributed by atoms with Gasteiger partial charge >= 0.3 is 0 Å². The molecule has 6 aliphatic rings. The summed E-state index contributed by atoms with van der Waals surface area (Å²) in [6, 6.07) is 0. The Bertz CT molecular complexity index is 490. The SMILES string of the molecule is C1CCC(C(C2CCCCC2)(C2CCCCC2)C2CCCCC2)CC1.C1CCC(C2CCCCC2)CC1. The first-order valence-electron chi connectivity index (χ1n) is 18.4. The third-order valence-corrected chi connectivity index (χ3v) is 13.2. The Hall–Kier alpha value is 0. The number of hydrogen-bond donors (Lipinski definition) is 0. The van der Waals surface area contributed by atoms with Gasteiger partial charge in [0.25, 0.3) is 0 Å². The van der Waals surface area contributed by atoms with E-state index in [1.54, 1.807) is 128 Å². The lowest BCUT2D eigenvalue weighted by atomic mass is 9.45. The van der Waals surface area contributed by atoms with E-state index in [1.165, 1.54) is 64.2 Å². The fourth-order valence-corrected chi connectivity index (χ4v) is 11.6. The zero-order valence-electron chi connectivity index (χ0n) is 25.2. The van der Waals surface area contributed by atoms with Crippen LogP contribution < -0.4 is 0 Å². The zero-order valence-corrected chi connectivity index (χ0v) is 25.2. The molecule has 0 amide bonds. The van der Waals surface area contributed by atoms with Crippen molar-refractivity contribution in [3.05, 3.63) is 0 Å². The van der Waals surface area contributed by atoms with E-state index in [2.05, 4.69) is 0 Å². The molecule has 0 atom stereocenters. The Balaban J connectivity index is 0.000000195. The summed E-state index contributed by atoms with van der Waals surface area (Å²) in [6.07, 6.45) is 46.8. The van der Waals surface area contributed by atoms with Crippen molar-refractivity contribution >= 4 is 0 Å². The topological polar surface area (TPSA) is 0 Å². The van der Waals surface area contributed by atoms with Crippen LogP contribution in [0.1, 0.15) is 193 Å². The Morgan fingerprint density at radius 2 is 0.405 bits per heavy atom. The van der Waals surface area contributed by atoms with Crippen LogP contribution in [-0.4, -0.2) is 0 Å². The average molecular weight is 511 g/mol. The zero-order chi connectivity index (χ0) is 25.2. The minimum absolute atomic E-state index is 0.779. The van der Waals surface area contributed by atoms with Crippen LogP contribution in [0, 0.1) is 40.9 Å². The first-order valence-corrected chi connectivity index (χ1v) is 18.4. The maximum Gasteiger partial charge on any atom is -0.0184 e. The molecule has 6 saturated carbocycles. The number of rotatable bonds is 5. The molecule has 37 heavy (non-hydrogen) atoms. The summed E-state index contributed by atoms with van der Waals surface area (Å²) in [4.78, 5) is 0. The predicted octanol–water partition coefficient (Wildman–Crippen LogP) is 12.4. The molecular weight excluding hydrogens is 444 g/mol. The van der Waals surface area contributed by atoms with Gasteiger partial charge in [-0.1, -0.05) is 141 Å². The van der Waals surface area contributed by atoms with E-state index in [0.717, 1.165) is 40.9 Å². The molecule has 0 heterocycles. The van der Waals surface area contributed by atoms with Gasteiger partial charge in [-0.15, -0.1) is 0 Å². The minimum atomic E-state index is 0.779. The van der Waals surface area contributed by atoms with Gasteiger partial charge in [0.05, 0.1) is 0 Å². The van der Waals surface area contributed by atoms with Crippen molar-refractivity contribution in [2.45, 2.75) is 193 Å². The second-order valence-electron chi connectivity index (χ2n) is 15.1. The second-order valence-corrected chi connectivity index (χ2v) is 15.1. The summed E-state index contributed by atoms with van der Waals surface area (Å²) in [6.45, 7) is 0. The largest absolute Gasteiger partial charge is 0.0533 e. The lowest BCUT2D eigenvalue weighted by molar-refractivity contribution is -0.106. The molecule has 0 aromatic heterocycles. The van der Waals surface area contributed by atoms with E-state index in [9.17, 15) is 0 Å². The molecule has 0 aromatic rings. The lowest BCUT2D eigenvalue weighted by Gasteiger charge is -2.60. The summed E-state index contributed by atoms with van der Waals surface area (Å²) in [5.74, 6) is 6.70. The molecule has 0 heteroatoms. The fraction of sp³-hybridized carbons (Fsp3) is 1.00. The first kappa shape index (κ1) is 28.5. The van der Waals surface area contributed by atoms with E-state index < -0.39 is 0 Å². The summed E-state index contributed by atoms with van der Waals surface area (Å²) in [5.41, 5.74) is 0.779. The normalized spacial score (nSPS) is 29.5. The van der Waals surface area contributed by atoms with Crippen molar-refractivity contribution in [1.29, 1.82) is 0 Å². The second kappa shape index (κ2) is 15.1. The predicted molar refractivity (Wildman–Crippen MR) is 162 cm³/mol. The van der Waals surface area contributed by atoms with Crippen molar-refractivity contribution < 1.29 is 0 Å². The average Bonchev–Trinajstić information content (AvgIpc) is 3.01. The van der Waals surface area contributed by atoms with Gasteiger partial charge in [-0.05, 0) is 92.3 Å². The summed E-state index contributed by atoms with van der Waals surface area (Å²) in [7, 11) is 0. The van der Waals surface area contributed by atoms with Crippen molar-refractivity contribution in [3.8, 4) is 0 Å². The lowest BCUT2D eigenvalue weighted by Crippen LogP contribution is -2.52. The van der Waals surface area contributed by atoms with Crippen LogP contribution in [0.3, 0.4) is 0 Å². The highest BCUT2D eigenvalue weighted by Crippen LogP contribution is 2.62. The molecule has 0 saturated heterocycles. The smallest absolute Gasteiger partial charge is 0.0184 e. The summed E-state index contributed by atoms with van der Waals surface area (Å²) < 4.78 is 0. The Morgan fingerprint density at radius 1 is 0.216 bits per heavy atom. The van der Waals surface area contributed by atoms with E-state index >= 15 is 0 Å². The highest BCUT2D eigenvalue weighted by molar-refractivity contribution is 5.03. The minimum Gasteiger partial charge on any atom is -0.0533 e. The van der Waals surface area contributed by atoms with Gasteiger partial charge in [0.1, 0.15) is 0 Å². The third-order valence-electron chi connectivity index (χ3n) is 13.2. The van der Waals surface area contributed by atoms with Gasteiger partial charge in [0.15, 0.2) is 0 Å². The standard InChI is InChI=1S/C25H44.C12H22/c1-5-13-21(14-6-1)25(22-15-7-2-8-16-22,23-17-9-3-10-18-23)24-19-11-4-12-20-24;1-3-7-11(8-4-1)12-9-5-2-6-10-12/h21-24H,1-20H2;11-12H,1-10H2. The van der Waals surface area contributed by atoms with Gasteiger partial charge in [-0.25, -0.2) is 0 Å². The molecule has 214 valence electrons. The van der Waals surface area contributed by atoms with Gasteiger partial charge in [0.2, 0.25) is 0 Å². The Kier molecular flexibility index (Phi) is 11.7. The van der Waals surface area contributed by atoms with Crippen molar-refractivity contribution in [1.82, 2.24) is 0 Å². The van der Waals surface area contributed by atoms with Gasteiger partial charge in [0, 0.05) is 0 Å². The molecule has 0 nitrogen and oxygen atoms in total. The van der Waals surface area contributed by atoms with Gasteiger partial charge in [-0.2, -0.15) is 0 Å². The molecule has 6 rings (SSSR count). The summed E-state index contributed by atoms with van der Waals surface area (Å²) in [5, 5.41) is 0. The Morgan fingerprint density at radius 3 is 0.622 bits per heavy atom. The van der Waals surface area contributed by atoms with Crippen LogP contribution in [0.2, 0.25) is 0 Å². The van der Waals surface area contributed by atoms with Crippen molar-refractivity contribution in [2.24, 2.45) is 40.9 Å². The highest BCUT2D eigenvalue weighted by atomic mass is 14.6. The van der Waals surface area contributed by atoms with E-state index in [0.29, 0.717) is 0 Å². The molecule has 6 fully saturated rings. The van der Waals surface area contributed by atoms with E-state index in [4.69, 9.17) is 0 Å². The molecule has 0 aromatic carbocycles. The maximum atomic E-state index is 1.60. The monoisotopic (exact) mass is 511 g/mol. The van der Waals surface area contributed by atoms with Gasteiger partial charge < -0.3 is 0 Å². The van der Waals surface area contributed by atoms with Crippen LogP contribution in [0.4, 0.5) is 0 Å². The molecule has 0 spiro atoms. The number of hydrogen-bond acceptors (Lipinski definition) is 0. The van der Waals surface area contributed by atoms with Crippen LogP contribution in [0.5, 0.6) is 0 Å².